The topological polar surface area (TPSA) is 37.4 Å². The summed E-state index contributed by atoms with van der Waals surface area (Å²) in [5, 5.41) is 33.5. The molecule has 0 aromatic heterocycles. The molecule has 1 heterocycles. The second-order valence-corrected chi connectivity index (χ2v) is 19.9. The summed E-state index contributed by atoms with van der Waals surface area (Å²) >= 11 is 0. The van der Waals surface area contributed by atoms with E-state index in [-0.39, 0.29) is 23.5 Å². The number of hydrogen-bond acceptors (Lipinski definition) is 2. The number of terminal acetylenes is 1. The van der Waals surface area contributed by atoms with Crippen molar-refractivity contribution in [2.45, 2.75) is 29.2 Å². The van der Waals surface area contributed by atoms with Crippen LogP contribution in [-0.4, -0.2) is 28.7 Å². The lowest BCUT2D eigenvalue weighted by Crippen LogP contribution is -2.56. The minimum atomic E-state index is -0.855. The molecular weight excluding hydrogens is 719 g/mol. The fourth-order valence-electron chi connectivity index (χ4n) is 17.9. The molecule has 6 aliphatic rings. The van der Waals surface area contributed by atoms with E-state index >= 15 is 9.59 Å². The summed E-state index contributed by atoms with van der Waals surface area (Å²) in [4.78, 5) is 33.4. The molecule has 3 heteroatoms. The Hall–Kier alpha value is -7.02. The first kappa shape index (κ1) is 26.8. The maximum atomic E-state index is 15.8. The Balaban J connectivity index is 1.15. The molecule has 20 rings (SSSR count). The van der Waals surface area contributed by atoms with E-state index in [4.69, 9.17) is 6.42 Å². The van der Waals surface area contributed by atoms with Crippen LogP contribution in [0, 0.1) is 24.2 Å². The fourth-order valence-corrected chi connectivity index (χ4v) is 17.9. The lowest BCUT2D eigenvalue weighted by Gasteiger charge is -2.50. The molecule has 0 N–H and O–H groups in total. The molecule has 3 nitrogen and oxygen atoms in total. The first-order valence-electron chi connectivity index (χ1n) is 21.3. The zero-order chi connectivity index (χ0) is 37.4. The molecule has 2 fully saturated rings. The predicted octanol–water partition coefficient (Wildman–Crippen LogP) is 11.7. The van der Waals surface area contributed by atoms with Crippen molar-refractivity contribution in [3.05, 3.63) is 118 Å². The second kappa shape index (κ2) is 7.09. The van der Waals surface area contributed by atoms with Crippen LogP contribution in [-0.2, 0) is 15.6 Å². The summed E-state index contributed by atoms with van der Waals surface area (Å²) in [5.74, 6) is 3.31. The van der Waals surface area contributed by atoms with Crippen LogP contribution in [0.4, 0.5) is 0 Å². The Morgan fingerprint density at radius 1 is 0.593 bits per heavy atom. The van der Waals surface area contributed by atoms with Crippen LogP contribution >= 0.6 is 0 Å². The van der Waals surface area contributed by atoms with Crippen LogP contribution in [0.25, 0.3) is 129 Å². The Morgan fingerprint density at radius 2 is 1.08 bits per heavy atom. The van der Waals surface area contributed by atoms with Gasteiger partial charge in [0.25, 0.3) is 5.91 Å². The Bertz CT molecular complexity index is 4580. The predicted molar refractivity (Wildman–Crippen MR) is 237 cm³/mol. The summed E-state index contributed by atoms with van der Waals surface area (Å²) in [6.45, 7) is 0.561. The van der Waals surface area contributed by atoms with Gasteiger partial charge in [0, 0.05) is 35.8 Å². The molecular formula is C56H23NO2. The monoisotopic (exact) mass is 741 g/mol. The number of hydrogen-bond donors (Lipinski definition) is 0. The van der Waals surface area contributed by atoms with Gasteiger partial charge in [-0.25, -0.2) is 0 Å². The van der Waals surface area contributed by atoms with E-state index in [1.165, 1.54) is 157 Å². The third kappa shape index (κ3) is 1.91. The Morgan fingerprint density at radius 3 is 1.68 bits per heavy atom. The van der Waals surface area contributed by atoms with E-state index in [0.29, 0.717) is 24.9 Å². The van der Waals surface area contributed by atoms with Gasteiger partial charge in [-0.15, -0.1) is 12.3 Å². The highest BCUT2D eigenvalue weighted by Gasteiger charge is 2.80. The van der Waals surface area contributed by atoms with Gasteiger partial charge < -0.3 is 4.90 Å². The fraction of sp³-hybridized carbons (Fsp3) is 0.143. The molecule has 0 radical (unpaired) electrons. The highest BCUT2D eigenvalue weighted by Crippen LogP contribution is 2.81. The van der Waals surface area contributed by atoms with Crippen LogP contribution < -0.4 is 0 Å². The van der Waals surface area contributed by atoms with Crippen LogP contribution in [0.1, 0.15) is 45.5 Å². The second-order valence-electron chi connectivity index (χ2n) is 19.9. The van der Waals surface area contributed by atoms with Crippen molar-refractivity contribution in [1.82, 2.24) is 4.90 Å². The zero-order valence-corrected chi connectivity index (χ0v) is 31.2. The molecule has 3 unspecified atom stereocenters. The van der Waals surface area contributed by atoms with E-state index < -0.39 is 16.4 Å². The first-order valence-corrected chi connectivity index (χ1v) is 21.3. The summed E-state index contributed by atoms with van der Waals surface area (Å²) in [7, 11) is 0. The molecule has 14 aromatic carbocycles. The van der Waals surface area contributed by atoms with Crippen molar-refractivity contribution in [2.24, 2.45) is 11.8 Å². The van der Waals surface area contributed by atoms with Crippen LogP contribution in [0.3, 0.4) is 0 Å². The number of rotatable bonds is 2. The molecule has 59 heavy (non-hydrogen) atoms. The largest absolute Gasteiger partial charge is 0.330 e. The molecule has 264 valence electrons. The Kier molecular flexibility index (Phi) is 3.22. The normalized spacial score (nSPS) is 27.6. The molecule has 1 saturated carbocycles. The summed E-state index contributed by atoms with van der Waals surface area (Å²) < 4.78 is 0. The maximum Gasteiger partial charge on any atom is 0.254 e. The van der Waals surface area contributed by atoms with E-state index in [0.717, 1.165) is 0 Å². The standard InChI is InChI=1S/C56H23NO2/c1-2-16-54-18-21-17-30(58)56-29-15-13-27-25-11-9-23-22-8-10-24-26-12-14-28-37-35(26)40-33(24)31(22)39-32(23)34(25)41-36(27)38(29)48-46-44(41)42(39)43(40)45(46)47(37)50(51(48)56)55(28,52(54)49(21)56)19-57(54)53(59)20-6-4-3-5-7-20/h1,3-15,17,49,52H,16,18-19H2/t49?,52?,54?,55-,56+/m0/s1. The quantitative estimate of drug-likeness (QED) is 0.131. The van der Waals surface area contributed by atoms with Gasteiger partial charge in [-0.1, -0.05) is 72.3 Å². The highest BCUT2D eigenvalue weighted by atomic mass is 16.2. The van der Waals surface area contributed by atoms with Crippen molar-refractivity contribution in [2.75, 3.05) is 6.54 Å². The van der Waals surface area contributed by atoms with Gasteiger partial charge in [0.15, 0.2) is 5.78 Å². The lowest BCUT2D eigenvalue weighted by atomic mass is 9.49. The van der Waals surface area contributed by atoms with E-state index in [9.17, 15) is 0 Å². The molecule has 14 aromatic rings. The van der Waals surface area contributed by atoms with Crippen molar-refractivity contribution >= 4 is 141 Å². The van der Waals surface area contributed by atoms with Gasteiger partial charge in [0.1, 0.15) is 0 Å². The lowest BCUT2D eigenvalue weighted by molar-refractivity contribution is -0.119. The number of amides is 1. The van der Waals surface area contributed by atoms with Crippen molar-refractivity contribution in [3.8, 4) is 12.3 Å². The van der Waals surface area contributed by atoms with Crippen molar-refractivity contribution in [3.63, 3.8) is 0 Å². The van der Waals surface area contributed by atoms with E-state index in [1.807, 2.05) is 36.4 Å². The zero-order valence-electron chi connectivity index (χ0n) is 31.2. The van der Waals surface area contributed by atoms with E-state index in [1.54, 1.807) is 0 Å². The number of allylic oxidation sites excluding steroid dienone is 1. The molecule has 5 aliphatic carbocycles. The van der Waals surface area contributed by atoms with Gasteiger partial charge >= 0.3 is 0 Å². The molecule has 1 aliphatic heterocycles. The minimum absolute atomic E-state index is 0.0519. The number of benzene rings is 10. The molecule has 1 saturated heterocycles. The van der Waals surface area contributed by atoms with Gasteiger partial charge in [0.2, 0.25) is 0 Å². The van der Waals surface area contributed by atoms with Gasteiger partial charge in [-0.05, 0) is 176 Å². The molecule has 1 amide bonds. The number of nitrogens with zero attached hydrogens (tertiary/aromatic N) is 1. The number of fused-ring (bicyclic) bond motifs is 3. The van der Waals surface area contributed by atoms with E-state index in [2.05, 4.69) is 59.4 Å². The van der Waals surface area contributed by atoms with Crippen LogP contribution in [0.2, 0.25) is 0 Å². The summed E-state index contributed by atoms with van der Waals surface area (Å²) in [5.41, 5.74) is 5.08. The molecule has 2 spiro atoms. The Labute approximate surface area is 332 Å². The number of likely N-dealkylation sites (tertiary alicyclic amines) is 1. The van der Waals surface area contributed by atoms with Gasteiger partial charge in [0.05, 0.1) is 11.0 Å². The van der Waals surface area contributed by atoms with Crippen LogP contribution in [0.15, 0.2) is 90.5 Å². The molecule has 5 atom stereocenters. The third-order valence-electron chi connectivity index (χ3n) is 18.8. The van der Waals surface area contributed by atoms with Crippen LogP contribution in [0.5, 0.6) is 0 Å². The van der Waals surface area contributed by atoms with Gasteiger partial charge in [-0.3, -0.25) is 9.59 Å². The third-order valence-corrected chi connectivity index (χ3v) is 18.8. The van der Waals surface area contributed by atoms with Gasteiger partial charge in [-0.2, -0.15) is 0 Å². The number of ketones is 1. The number of carbonyl (C=O) groups is 2. The molecule has 0 bridgehead atoms. The SMILES string of the molecule is C#CCC12CC3=CC(=O)[C@@]45c6ccc7c8ccc9c%10ccc%11c%12ccc%13c%14c%15c(c4c4c6c7c6c8c9c7c%10c%11c(c%12%14)c8c%15c4c6c78)[C@@]%13(CN1C(=O)c1ccccc1)C2C35. The summed E-state index contributed by atoms with van der Waals surface area (Å²) in [6.07, 6.45) is 9.65. The smallest absolute Gasteiger partial charge is 0.254 e. The minimum Gasteiger partial charge on any atom is -0.330 e. The average Bonchev–Trinajstić information content (AvgIpc) is 4.14. The first-order chi connectivity index (χ1) is 29.1. The average molecular weight is 742 g/mol. The highest BCUT2D eigenvalue weighted by molar-refractivity contribution is 6.67. The number of carbonyl (C=O) groups excluding carboxylic acids is 2. The summed E-state index contributed by atoms with van der Waals surface area (Å²) in [6, 6.07) is 29.2. The maximum absolute atomic E-state index is 15.8. The van der Waals surface area contributed by atoms with Crippen molar-refractivity contribution in [1.29, 1.82) is 0 Å². The van der Waals surface area contributed by atoms with Crippen molar-refractivity contribution < 1.29 is 9.59 Å².